The van der Waals surface area contributed by atoms with E-state index in [2.05, 4.69) is 10.6 Å². The van der Waals surface area contributed by atoms with Gasteiger partial charge in [-0.05, 0) is 42.8 Å². The zero-order valence-corrected chi connectivity index (χ0v) is 16.7. The van der Waals surface area contributed by atoms with E-state index < -0.39 is 5.91 Å². The standard InChI is InChI=1S/C21H26N4O4/c1-3-12-25(14-20(27)24-17-6-4-5-7-18(17)29-2)13-19(26)23-16-10-8-15(9-11-16)21(22)28/h4-11H,3,12-14H2,1-2H3,(H2,22,28)(H,23,26)(H,24,27)/p+1. The third kappa shape index (κ3) is 6.93. The van der Waals surface area contributed by atoms with E-state index in [0.29, 0.717) is 29.2 Å². The summed E-state index contributed by atoms with van der Waals surface area (Å²) in [7, 11) is 1.54. The number of anilines is 2. The minimum atomic E-state index is -0.525. The van der Waals surface area contributed by atoms with E-state index in [1.165, 1.54) is 0 Å². The summed E-state index contributed by atoms with van der Waals surface area (Å²) in [5.41, 5.74) is 6.74. The van der Waals surface area contributed by atoms with Gasteiger partial charge in [-0.3, -0.25) is 14.4 Å². The molecule has 2 aromatic carbocycles. The molecule has 8 nitrogen and oxygen atoms in total. The first-order valence-electron chi connectivity index (χ1n) is 9.39. The molecular weight excluding hydrogens is 372 g/mol. The number of nitrogens with one attached hydrogen (secondary N) is 3. The summed E-state index contributed by atoms with van der Waals surface area (Å²) >= 11 is 0. The number of hydrogen-bond acceptors (Lipinski definition) is 4. The Hall–Kier alpha value is -3.39. The van der Waals surface area contributed by atoms with Crippen LogP contribution in [0.2, 0.25) is 0 Å². The fourth-order valence-electron chi connectivity index (χ4n) is 2.91. The van der Waals surface area contributed by atoms with Gasteiger partial charge < -0.3 is 26.0 Å². The van der Waals surface area contributed by atoms with Gasteiger partial charge in [-0.15, -0.1) is 0 Å². The van der Waals surface area contributed by atoms with E-state index in [1.54, 1.807) is 43.5 Å². The van der Waals surface area contributed by atoms with E-state index in [1.807, 2.05) is 19.1 Å². The molecule has 0 aliphatic carbocycles. The highest BCUT2D eigenvalue weighted by Crippen LogP contribution is 2.22. The highest BCUT2D eigenvalue weighted by atomic mass is 16.5. The van der Waals surface area contributed by atoms with Crippen LogP contribution in [-0.4, -0.2) is 44.5 Å². The molecule has 1 atom stereocenters. The molecule has 0 heterocycles. The number of hydrogen-bond donors (Lipinski definition) is 4. The summed E-state index contributed by atoms with van der Waals surface area (Å²) in [6, 6.07) is 13.5. The van der Waals surface area contributed by atoms with Crippen molar-refractivity contribution < 1.29 is 24.0 Å². The molecule has 1 unspecified atom stereocenters. The Morgan fingerprint density at radius 1 is 0.966 bits per heavy atom. The topological polar surface area (TPSA) is 115 Å². The average molecular weight is 399 g/mol. The van der Waals surface area contributed by atoms with Crippen LogP contribution in [0, 0.1) is 0 Å². The maximum absolute atomic E-state index is 12.4. The number of carbonyl (C=O) groups is 3. The molecule has 3 amide bonds. The molecule has 5 N–H and O–H groups in total. The Morgan fingerprint density at radius 3 is 2.17 bits per heavy atom. The lowest BCUT2D eigenvalue weighted by Gasteiger charge is -2.18. The Balaban J connectivity index is 1.93. The lowest BCUT2D eigenvalue weighted by molar-refractivity contribution is -0.883. The van der Waals surface area contributed by atoms with Gasteiger partial charge in [-0.2, -0.15) is 0 Å². The molecule has 2 aromatic rings. The summed E-state index contributed by atoms with van der Waals surface area (Å²) in [5.74, 6) is -0.362. The maximum atomic E-state index is 12.4. The molecule has 0 aliphatic rings. The van der Waals surface area contributed by atoms with Crippen LogP contribution >= 0.6 is 0 Å². The number of ether oxygens (including phenoxy) is 1. The van der Waals surface area contributed by atoms with Crippen LogP contribution in [0.15, 0.2) is 48.5 Å². The van der Waals surface area contributed by atoms with Gasteiger partial charge in [0.05, 0.1) is 19.3 Å². The van der Waals surface area contributed by atoms with Crippen molar-refractivity contribution in [1.29, 1.82) is 0 Å². The molecule has 0 spiro atoms. The summed E-state index contributed by atoms with van der Waals surface area (Å²) in [4.78, 5) is 36.8. The van der Waals surface area contributed by atoms with Gasteiger partial charge in [-0.1, -0.05) is 19.1 Å². The van der Waals surface area contributed by atoms with E-state index in [4.69, 9.17) is 10.5 Å². The monoisotopic (exact) mass is 399 g/mol. The molecule has 0 aromatic heterocycles. The van der Waals surface area contributed by atoms with Crippen molar-refractivity contribution in [3.8, 4) is 5.75 Å². The fraction of sp³-hybridized carbons (Fsp3) is 0.286. The Kier molecular flexibility index (Phi) is 8.17. The van der Waals surface area contributed by atoms with Crippen molar-refractivity contribution >= 4 is 29.1 Å². The van der Waals surface area contributed by atoms with Crippen molar-refractivity contribution in [1.82, 2.24) is 0 Å². The van der Waals surface area contributed by atoms with Crippen LogP contribution in [0.25, 0.3) is 0 Å². The first kappa shape index (κ1) is 21.9. The smallest absolute Gasteiger partial charge is 0.279 e. The third-order valence-electron chi connectivity index (χ3n) is 4.26. The number of carbonyl (C=O) groups excluding carboxylic acids is 3. The summed E-state index contributed by atoms with van der Waals surface area (Å²) in [6.07, 6.45) is 0.831. The van der Waals surface area contributed by atoms with Crippen molar-refractivity contribution in [3.63, 3.8) is 0 Å². The molecule has 0 saturated carbocycles. The second kappa shape index (κ2) is 10.8. The predicted octanol–water partition coefficient (Wildman–Crippen LogP) is 0.666. The Labute approximate surface area is 170 Å². The van der Waals surface area contributed by atoms with E-state index in [0.717, 1.165) is 11.3 Å². The number of primary amides is 1. The molecular formula is C21H27N4O4+. The second-order valence-corrected chi connectivity index (χ2v) is 6.59. The largest absolute Gasteiger partial charge is 0.495 e. The molecule has 0 radical (unpaired) electrons. The highest BCUT2D eigenvalue weighted by Gasteiger charge is 2.18. The first-order valence-corrected chi connectivity index (χ1v) is 9.39. The van der Waals surface area contributed by atoms with Gasteiger partial charge in [0.1, 0.15) is 5.75 Å². The number of nitrogens with two attached hydrogens (primary N) is 1. The summed E-state index contributed by atoms with van der Waals surface area (Å²) < 4.78 is 5.24. The number of para-hydroxylation sites is 2. The molecule has 0 bridgehead atoms. The zero-order valence-electron chi connectivity index (χ0n) is 16.7. The van der Waals surface area contributed by atoms with Crippen molar-refractivity contribution in [2.75, 3.05) is 37.4 Å². The van der Waals surface area contributed by atoms with Gasteiger partial charge in [0.25, 0.3) is 11.8 Å². The van der Waals surface area contributed by atoms with Crippen molar-refractivity contribution in [2.45, 2.75) is 13.3 Å². The SMILES string of the molecule is CCC[NH+](CC(=O)Nc1ccc(C(N)=O)cc1)CC(=O)Nc1ccccc1OC. The van der Waals surface area contributed by atoms with E-state index in [9.17, 15) is 14.4 Å². The Bertz CT molecular complexity index is 852. The molecule has 2 rings (SSSR count). The molecule has 8 heteroatoms. The van der Waals surface area contributed by atoms with E-state index >= 15 is 0 Å². The number of benzene rings is 2. The number of methoxy groups -OCH3 is 1. The minimum absolute atomic E-state index is 0.144. The van der Waals surface area contributed by atoms with Gasteiger partial charge >= 0.3 is 0 Å². The van der Waals surface area contributed by atoms with Gasteiger partial charge in [0.2, 0.25) is 5.91 Å². The predicted molar refractivity (Wildman–Crippen MR) is 111 cm³/mol. The van der Waals surface area contributed by atoms with Crippen LogP contribution in [0.1, 0.15) is 23.7 Å². The van der Waals surface area contributed by atoms with Crippen molar-refractivity contribution in [2.24, 2.45) is 5.73 Å². The first-order chi connectivity index (χ1) is 13.9. The van der Waals surface area contributed by atoms with Gasteiger partial charge in [-0.25, -0.2) is 0 Å². The number of quaternary nitrogens is 1. The maximum Gasteiger partial charge on any atom is 0.279 e. The summed E-state index contributed by atoms with van der Waals surface area (Å²) in [6.45, 7) is 2.97. The number of amides is 3. The second-order valence-electron chi connectivity index (χ2n) is 6.59. The molecule has 0 aliphatic heterocycles. The van der Waals surface area contributed by atoms with Crippen LogP contribution in [-0.2, 0) is 9.59 Å². The normalized spacial score (nSPS) is 11.4. The quantitative estimate of drug-likeness (QED) is 0.470. The van der Waals surface area contributed by atoms with Crippen LogP contribution in [0.5, 0.6) is 5.75 Å². The summed E-state index contributed by atoms with van der Waals surface area (Å²) in [5, 5.41) is 5.60. The van der Waals surface area contributed by atoms with Crippen molar-refractivity contribution in [3.05, 3.63) is 54.1 Å². The van der Waals surface area contributed by atoms with E-state index in [-0.39, 0.29) is 24.9 Å². The lowest BCUT2D eigenvalue weighted by atomic mass is 10.2. The zero-order chi connectivity index (χ0) is 21.2. The molecule has 0 fully saturated rings. The van der Waals surface area contributed by atoms with Crippen LogP contribution in [0.4, 0.5) is 11.4 Å². The van der Waals surface area contributed by atoms with Crippen LogP contribution in [0.3, 0.4) is 0 Å². The highest BCUT2D eigenvalue weighted by molar-refractivity contribution is 5.95. The fourth-order valence-corrected chi connectivity index (χ4v) is 2.91. The van der Waals surface area contributed by atoms with Crippen LogP contribution < -0.4 is 26.0 Å². The molecule has 0 saturated heterocycles. The minimum Gasteiger partial charge on any atom is -0.495 e. The molecule has 154 valence electrons. The van der Waals surface area contributed by atoms with Gasteiger partial charge in [0.15, 0.2) is 13.1 Å². The number of rotatable bonds is 10. The van der Waals surface area contributed by atoms with Gasteiger partial charge in [0, 0.05) is 11.3 Å². The molecule has 29 heavy (non-hydrogen) atoms. The Morgan fingerprint density at radius 2 is 1.59 bits per heavy atom. The average Bonchev–Trinajstić information content (AvgIpc) is 2.68. The lowest BCUT2D eigenvalue weighted by Crippen LogP contribution is -3.14. The third-order valence-corrected chi connectivity index (χ3v) is 4.26.